The largest absolute Gasteiger partial charge is 0.492 e. The molecule has 0 aromatic heterocycles. The Kier molecular flexibility index (Phi) is 4.31. The van der Waals surface area contributed by atoms with E-state index in [1.54, 1.807) is 6.07 Å². The van der Waals surface area contributed by atoms with E-state index in [2.05, 4.69) is 0 Å². The van der Waals surface area contributed by atoms with Gasteiger partial charge >= 0.3 is 5.51 Å². The van der Waals surface area contributed by atoms with Crippen molar-refractivity contribution in [2.24, 2.45) is 0 Å². The SMILES string of the molecule is OCc1cc2c(cc1OCCSC(F)(F)F)OCO2. The predicted molar refractivity (Wildman–Crippen MR) is 62.5 cm³/mol. The Morgan fingerprint density at radius 3 is 2.58 bits per heavy atom. The van der Waals surface area contributed by atoms with Gasteiger partial charge in [-0.2, -0.15) is 13.2 Å². The molecule has 1 N–H and O–H groups in total. The Labute approximate surface area is 111 Å². The van der Waals surface area contributed by atoms with Crippen LogP contribution in [0.4, 0.5) is 13.2 Å². The number of hydrogen-bond donors (Lipinski definition) is 1. The molecule has 4 nitrogen and oxygen atoms in total. The van der Waals surface area contributed by atoms with Crippen LogP contribution >= 0.6 is 11.8 Å². The second-order valence-electron chi connectivity index (χ2n) is 3.61. The van der Waals surface area contributed by atoms with Gasteiger partial charge in [0, 0.05) is 17.4 Å². The first kappa shape index (κ1) is 14.1. The van der Waals surface area contributed by atoms with E-state index in [0.29, 0.717) is 22.8 Å². The number of alkyl halides is 3. The highest BCUT2D eigenvalue weighted by Crippen LogP contribution is 2.38. The summed E-state index contributed by atoms with van der Waals surface area (Å²) in [6.45, 7) is -0.331. The first-order valence-electron chi connectivity index (χ1n) is 5.36. The van der Waals surface area contributed by atoms with E-state index in [1.165, 1.54) is 6.07 Å². The maximum Gasteiger partial charge on any atom is 0.441 e. The lowest BCUT2D eigenvalue weighted by atomic mass is 10.2. The molecule has 0 fully saturated rings. The fraction of sp³-hybridized carbons (Fsp3) is 0.455. The van der Waals surface area contributed by atoms with Gasteiger partial charge in [-0.1, -0.05) is 0 Å². The van der Waals surface area contributed by atoms with Gasteiger partial charge in [0.05, 0.1) is 13.2 Å². The predicted octanol–water partition coefficient (Wildman–Crippen LogP) is 2.54. The first-order valence-corrected chi connectivity index (χ1v) is 6.35. The zero-order valence-electron chi connectivity index (χ0n) is 9.70. The van der Waals surface area contributed by atoms with Gasteiger partial charge in [-0.15, -0.1) is 0 Å². The molecule has 2 rings (SSSR count). The molecule has 0 saturated carbocycles. The van der Waals surface area contributed by atoms with Gasteiger partial charge in [-0.3, -0.25) is 0 Å². The van der Waals surface area contributed by atoms with Crippen LogP contribution in [-0.2, 0) is 6.61 Å². The maximum atomic E-state index is 11.9. The zero-order chi connectivity index (χ0) is 13.9. The molecule has 0 unspecified atom stereocenters. The average molecular weight is 296 g/mol. The number of halogens is 3. The standard InChI is InChI=1S/C11H11F3O4S/c12-11(13,14)19-2-1-16-8-4-10-9(17-6-18-10)3-7(8)5-15/h3-4,15H,1-2,5-6H2. The Morgan fingerprint density at radius 1 is 1.26 bits per heavy atom. The van der Waals surface area contributed by atoms with E-state index in [1.807, 2.05) is 0 Å². The summed E-state index contributed by atoms with van der Waals surface area (Å²) in [7, 11) is 0. The minimum absolute atomic E-state index is 0.0770. The summed E-state index contributed by atoms with van der Waals surface area (Å²) in [6, 6.07) is 3.06. The summed E-state index contributed by atoms with van der Waals surface area (Å²) in [5.74, 6) is 1.02. The Balaban J connectivity index is 1.96. The highest BCUT2D eigenvalue weighted by Gasteiger charge is 2.27. The molecule has 1 aromatic rings. The van der Waals surface area contributed by atoms with E-state index in [-0.39, 0.29) is 37.5 Å². The number of hydrogen-bond acceptors (Lipinski definition) is 5. The molecule has 0 spiro atoms. The van der Waals surface area contributed by atoms with E-state index in [0.717, 1.165) is 0 Å². The van der Waals surface area contributed by atoms with Crippen molar-refractivity contribution in [1.29, 1.82) is 0 Å². The molecule has 0 bridgehead atoms. The molecule has 1 aliphatic heterocycles. The van der Waals surface area contributed by atoms with Gasteiger partial charge in [0.1, 0.15) is 5.75 Å². The average Bonchev–Trinajstić information content (AvgIpc) is 2.79. The van der Waals surface area contributed by atoms with Crippen molar-refractivity contribution in [3.05, 3.63) is 17.7 Å². The minimum atomic E-state index is -4.27. The van der Waals surface area contributed by atoms with Gasteiger partial charge in [0.25, 0.3) is 0 Å². The summed E-state index contributed by atoms with van der Waals surface area (Å²) in [5, 5.41) is 9.17. The number of thioether (sulfide) groups is 1. The van der Waals surface area contributed by atoms with E-state index >= 15 is 0 Å². The van der Waals surface area contributed by atoms with Crippen LogP contribution in [-0.4, -0.2) is 29.8 Å². The molecule has 1 aliphatic rings. The van der Waals surface area contributed by atoms with E-state index in [4.69, 9.17) is 14.2 Å². The molecule has 0 atom stereocenters. The highest BCUT2D eigenvalue weighted by molar-refractivity contribution is 8.00. The number of aliphatic hydroxyl groups excluding tert-OH is 1. The van der Waals surface area contributed by atoms with Crippen molar-refractivity contribution >= 4 is 11.8 Å². The Hall–Kier alpha value is -1.28. The third-order valence-electron chi connectivity index (χ3n) is 2.33. The third kappa shape index (κ3) is 3.84. The topological polar surface area (TPSA) is 47.9 Å². The van der Waals surface area contributed by atoms with Gasteiger partial charge in [0.15, 0.2) is 11.5 Å². The van der Waals surface area contributed by atoms with Crippen LogP contribution in [0.2, 0.25) is 0 Å². The quantitative estimate of drug-likeness (QED) is 0.846. The molecule has 1 heterocycles. The summed E-state index contributed by atoms with van der Waals surface area (Å²) in [6.07, 6.45) is 0. The molecule has 0 saturated heterocycles. The van der Waals surface area contributed by atoms with Crippen LogP contribution in [0.15, 0.2) is 12.1 Å². The lowest BCUT2D eigenvalue weighted by molar-refractivity contribution is -0.0329. The van der Waals surface area contributed by atoms with Crippen LogP contribution in [0.5, 0.6) is 17.2 Å². The minimum Gasteiger partial charge on any atom is -0.492 e. The second kappa shape index (κ2) is 5.79. The fourth-order valence-corrected chi connectivity index (χ4v) is 1.93. The number of fused-ring (bicyclic) bond motifs is 1. The van der Waals surface area contributed by atoms with Gasteiger partial charge < -0.3 is 19.3 Å². The Morgan fingerprint density at radius 2 is 1.95 bits per heavy atom. The van der Waals surface area contributed by atoms with E-state index < -0.39 is 5.51 Å². The highest BCUT2D eigenvalue weighted by atomic mass is 32.2. The molecular weight excluding hydrogens is 285 g/mol. The number of benzene rings is 1. The van der Waals surface area contributed by atoms with Crippen LogP contribution in [0.1, 0.15) is 5.56 Å². The molecule has 0 aliphatic carbocycles. The molecule has 0 radical (unpaired) electrons. The fourth-order valence-electron chi connectivity index (χ4n) is 1.53. The number of ether oxygens (including phenoxy) is 3. The van der Waals surface area contributed by atoms with Crippen LogP contribution < -0.4 is 14.2 Å². The van der Waals surface area contributed by atoms with Gasteiger partial charge in [-0.05, 0) is 17.8 Å². The molecule has 1 aromatic carbocycles. The molecular formula is C11H11F3O4S. The number of rotatable bonds is 5. The van der Waals surface area contributed by atoms with Crippen molar-refractivity contribution in [3.63, 3.8) is 0 Å². The van der Waals surface area contributed by atoms with E-state index in [9.17, 15) is 18.3 Å². The molecule has 106 valence electrons. The zero-order valence-corrected chi connectivity index (χ0v) is 10.5. The van der Waals surface area contributed by atoms with Crippen molar-refractivity contribution in [3.8, 4) is 17.2 Å². The second-order valence-corrected chi connectivity index (χ2v) is 4.77. The van der Waals surface area contributed by atoms with Gasteiger partial charge in [-0.25, -0.2) is 0 Å². The summed E-state index contributed by atoms with van der Waals surface area (Å²) >= 11 is -0.152. The van der Waals surface area contributed by atoms with Crippen molar-refractivity contribution in [2.75, 3.05) is 19.2 Å². The summed E-state index contributed by atoms with van der Waals surface area (Å²) in [5.41, 5.74) is -3.82. The first-order chi connectivity index (χ1) is 8.99. The van der Waals surface area contributed by atoms with Crippen molar-refractivity contribution < 1.29 is 32.5 Å². The Bertz CT molecular complexity index is 450. The van der Waals surface area contributed by atoms with Crippen molar-refractivity contribution in [2.45, 2.75) is 12.1 Å². The monoisotopic (exact) mass is 296 g/mol. The lowest BCUT2D eigenvalue weighted by Gasteiger charge is -2.11. The van der Waals surface area contributed by atoms with Crippen LogP contribution in [0, 0.1) is 0 Å². The van der Waals surface area contributed by atoms with Crippen LogP contribution in [0.25, 0.3) is 0 Å². The van der Waals surface area contributed by atoms with Crippen LogP contribution in [0.3, 0.4) is 0 Å². The summed E-state index contributed by atoms with van der Waals surface area (Å²) in [4.78, 5) is 0. The molecule has 8 heteroatoms. The molecule has 19 heavy (non-hydrogen) atoms. The smallest absolute Gasteiger partial charge is 0.441 e. The summed E-state index contributed by atoms with van der Waals surface area (Å²) < 4.78 is 51.3. The molecule has 0 amide bonds. The normalized spacial score (nSPS) is 13.7. The lowest BCUT2D eigenvalue weighted by Crippen LogP contribution is -2.08. The van der Waals surface area contributed by atoms with Gasteiger partial charge in [0.2, 0.25) is 6.79 Å². The third-order valence-corrected chi connectivity index (χ3v) is 3.03. The maximum absolute atomic E-state index is 11.9. The van der Waals surface area contributed by atoms with Crippen molar-refractivity contribution in [1.82, 2.24) is 0 Å². The number of aliphatic hydroxyl groups is 1.